The molecule has 0 radical (unpaired) electrons. The summed E-state index contributed by atoms with van der Waals surface area (Å²) < 4.78 is 1.08. The van der Waals surface area contributed by atoms with Gasteiger partial charge in [0, 0.05) is 16.1 Å². The second-order valence-electron chi connectivity index (χ2n) is 4.92. The Labute approximate surface area is 109 Å². The predicted octanol–water partition coefficient (Wildman–Crippen LogP) is 3.49. The molecule has 0 saturated heterocycles. The molecule has 2 saturated carbocycles. The van der Waals surface area contributed by atoms with E-state index in [0.717, 1.165) is 15.9 Å². The number of halogens is 1. The van der Waals surface area contributed by atoms with Crippen LogP contribution in [0.1, 0.15) is 19.3 Å². The zero-order chi connectivity index (χ0) is 11.8. The van der Waals surface area contributed by atoms with Crippen molar-refractivity contribution in [3.63, 3.8) is 0 Å². The number of anilines is 1. The van der Waals surface area contributed by atoms with E-state index in [0.29, 0.717) is 11.8 Å². The predicted molar refractivity (Wildman–Crippen MR) is 71.6 cm³/mol. The van der Waals surface area contributed by atoms with Gasteiger partial charge in [0.2, 0.25) is 0 Å². The van der Waals surface area contributed by atoms with Crippen molar-refractivity contribution in [2.45, 2.75) is 25.3 Å². The number of oxime groups is 1. The molecule has 2 aliphatic rings. The maximum atomic E-state index is 9.12. The molecule has 0 heterocycles. The second-order valence-corrected chi connectivity index (χ2v) is 5.84. The first-order valence-electron chi connectivity index (χ1n) is 6.02. The third kappa shape index (κ3) is 1.95. The summed E-state index contributed by atoms with van der Waals surface area (Å²) in [6.07, 6.45) is 3.61. The van der Waals surface area contributed by atoms with E-state index >= 15 is 0 Å². The van der Waals surface area contributed by atoms with E-state index in [-0.39, 0.29) is 6.04 Å². The van der Waals surface area contributed by atoms with E-state index in [4.69, 9.17) is 5.21 Å². The van der Waals surface area contributed by atoms with Crippen LogP contribution in [0.15, 0.2) is 33.9 Å². The first-order chi connectivity index (χ1) is 8.28. The van der Waals surface area contributed by atoms with E-state index < -0.39 is 0 Å². The molecule has 3 nitrogen and oxygen atoms in total. The number of nitrogens with one attached hydrogen (secondary N) is 1. The zero-order valence-corrected chi connectivity index (χ0v) is 11.0. The molecular formula is C13H15BrN2O. The quantitative estimate of drug-likeness (QED) is 0.648. The molecule has 3 rings (SSSR count). The summed E-state index contributed by atoms with van der Waals surface area (Å²) in [5.74, 6) is 1.13. The normalized spacial score (nSPS) is 33.2. The Morgan fingerprint density at radius 1 is 1.24 bits per heavy atom. The van der Waals surface area contributed by atoms with Crippen LogP contribution in [-0.2, 0) is 0 Å². The van der Waals surface area contributed by atoms with Crippen LogP contribution in [0.2, 0.25) is 0 Å². The molecule has 0 aliphatic heterocycles. The average Bonchev–Trinajstić information content (AvgIpc) is 2.92. The van der Waals surface area contributed by atoms with Crippen molar-refractivity contribution < 1.29 is 5.21 Å². The first kappa shape index (κ1) is 11.1. The number of hydrogen-bond donors (Lipinski definition) is 2. The maximum Gasteiger partial charge on any atom is 0.0826 e. The summed E-state index contributed by atoms with van der Waals surface area (Å²) in [5, 5.41) is 16.1. The Morgan fingerprint density at radius 3 is 2.71 bits per heavy atom. The van der Waals surface area contributed by atoms with E-state index in [1.165, 1.54) is 19.3 Å². The molecule has 0 aromatic heterocycles. The monoisotopic (exact) mass is 294 g/mol. The molecule has 2 aliphatic carbocycles. The highest BCUT2D eigenvalue weighted by molar-refractivity contribution is 9.10. The highest BCUT2D eigenvalue weighted by Gasteiger charge is 2.45. The highest BCUT2D eigenvalue weighted by Crippen LogP contribution is 2.43. The number of benzene rings is 1. The van der Waals surface area contributed by atoms with Gasteiger partial charge in [-0.05, 0) is 49.4 Å². The molecule has 3 atom stereocenters. The summed E-state index contributed by atoms with van der Waals surface area (Å²) in [6, 6.07) is 8.35. The van der Waals surface area contributed by atoms with Gasteiger partial charge in [-0.2, -0.15) is 0 Å². The number of rotatable bonds is 2. The fourth-order valence-corrected chi connectivity index (χ4v) is 3.41. The van der Waals surface area contributed by atoms with Gasteiger partial charge in [-0.25, -0.2) is 0 Å². The fourth-order valence-electron chi connectivity index (χ4n) is 3.14. The van der Waals surface area contributed by atoms with Crippen molar-refractivity contribution in [3.8, 4) is 0 Å². The van der Waals surface area contributed by atoms with Gasteiger partial charge in [0.1, 0.15) is 0 Å². The Kier molecular flexibility index (Phi) is 2.82. The SMILES string of the molecule is ON=C1C2CCC(C2)C1Nc1ccc(Br)cc1. The van der Waals surface area contributed by atoms with E-state index in [1.54, 1.807) is 0 Å². The largest absolute Gasteiger partial charge is 0.411 e. The molecule has 17 heavy (non-hydrogen) atoms. The molecule has 3 unspecified atom stereocenters. The van der Waals surface area contributed by atoms with Gasteiger partial charge >= 0.3 is 0 Å². The Bertz CT molecular complexity index is 443. The molecule has 2 fully saturated rings. The molecule has 90 valence electrons. The lowest BCUT2D eigenvalue weighted by atomic mass is 9.93. The van der Waals surface area contributed by atoms with E-state index in [2.05, 4.69) is 26.4 Å². The molecule has 0 amide bonds. The van der Waals surface area contributed by atoms with E-state index in [1.807, 2.05) is 24.3 Å². The lowest BCUT2D eigenvalue weighted by molar-refractivity contribution is 0.312. The third-order valence-electron chi connectivity index (χ3n) is 3.96. The molecule has 2 bridgehead atoms. The lowest BCUT2D eigenvalue weighted by Crippen LogP contribution is -2.35. The third-order valence-corrected chi connectivity index (χ3v) is 4.49. The van der Waals surface area contributed by atoms with Crippen LogP contribution < -0.4 is 5.32 Å². The number of nitrogens with zero attached hydrogens (tertiary/aromatic N) is 1. The summed E-state index contributed by atoms with van der Waals surface area (Å²) in [7, 11) is 0. The minimum absolute atomic E-state index is 0.222. The van der Waals surface area contributed by atoms with Crippen molar-refractivity contribution in [2.75, 3.05) is 5.32 Å². The molecule has 4 heteroatoms. The summed E-state index contributed by atoms with van der Waals surface area (Å²) in [6.45, 7) is 0. The molecule has 0 spiro atoms. The number of hydrogen-bond acceptors (Lipinski definition) is 3. The minimum Gasteiger partial charge on any atom is -0.411 e. The average molecular weight is 295 g/mol. The topological polar surface area (TPSA) is 44.6 Å². The molecule has 2 N–H and O–H groups in total. The maximum absolute atomic E-state index is 9.12. The molecular weight excluding hydrogens is 280 g/mol. The smallest absolute Gasteiger partial charge is 0.0826 e. The van der Waals surface area contributed by atoms with Crippen LogP contribution in [-0.4, -0.2) is 17.0 Å². The summed E-state index contributed by atoms with van der Waals surface area (Å²) in [5.41, 5.74) is 2.04. The summed E-state index contributed by atoms with van der Waals surface area (Å²) >= 11 is 3.42. The standard InChI is InChI=1S/C13H15BrN2O/c14-10-3-5-11(6-4-10)15-12-8-1-2-9(7-8)13(12)16-17/h3-6,8-9,12,15,17H,1-2,7H2. The van der Waals surface area contributed by atoms with Crippen molar-refractivity contribution in [2.24, 2.45) is 17.0 Å². The fraction of sp³-hybridized carbons (Fsp3) is 0.462. The van der Waals surface area contributed by atoms with Crippen molar-refractivity contribution in [1.82, 2.24) is 0 Å². The van der Waals surface area contributed by atoms with E-state index in [9.17, 15) is 0 Å². The Morgan fingerprint density at radius 2 is 2.00 bits per heavy atom. The molecule has 1 aromatic carbocycles. The van der Waals surface area contributed by atoms with Crippen LogP contribution in [0.25, 0.3) is 0 Å². The van der Waals surface area contributed by atoms with Gasteiger partial charge in [0.25, 0.3) is 0 Å². The van der Waals surface area contributed by atoms with Gasteiger partial charge < -0.3 is 10.5 Å². The van der Waals surface area contributed by atoms with Crippen LogP contribution in [0.3, 0.4) is 0 Å². The summed E-state index contributed by atoms with van der Waals surface area (Å²) in [4.78, 5) is 0. The van der Waals surface area contributed by atoms with Crippen LogP contribution >= 0.6 is 15.9 Å². The highest BCUT2D eigenvalue weighted by atomic mass is 79.9. The van der Waals surface area contributed by atoms with Crippen molar-refractivity contribution in [1.29, 1.82) is 0 Å². The number of fused-ring (bicyclic) bond motifs is 2. The van der Waals surface area contributed by atoms with Crippen LogP contribution in [0.5, 0.6) is 0 Å². The second kappa shape index (κ2) is 4.33. The molecule has 1 aromatic rings. The van der Waals surface area contributed by atoms with Crippen LogP contribution in [0.4, 0.5) is 5.69 Å². The van der Waals surface area contributed by atoms with Gasteiger partial charge in [-0.3, -0.25) is 0 Å². The van der Waals surface area contributed by atoms with Gasteiger partial charge in [-0.1, -0.05) is 21.1 Å². The van der Waals surface area contributed by atoms with Gasteiger partial charge in [0.05, 0.1) is 11.8 Å². The Balaban J connectivity index is 1.79. The van der Waals surface area contributed by atoms with Crippen molar-refractivity contribution in [3.05, 3.63) is 28.7 Å². The Hall–Kier alpha value is -1.03. The first-order valence-corrected chi connectivity index (χ1v) is 6.81. The lowest BCUT2D eigenvalue weighted by Gasteiger charge is -2.24. The van der Waals surface area contributed by atoms with Crippen LogP contribution in [0, 0.1) is 11.8 Å². The zero-order valence-electron chi connectivity index (χ0n) is 9.44. The minimum atomic E-state index is 0.222. The van der Waals surface area contributed by atoms with Gasteiger partial charge in [-0.15, -0.1) is 0 Å². The van der Waals surface area contributed by atoms with Gasteiger partial charge in [0.15, 0.2) is 0 Å². The van der Waals surface area contributed by atoms with Crippen molar-refractivity contribution >= 4 is 27.3 Å².